The number of rotatable bonds is 6. The molecule has 0 bridgehead atoms. The second kappa shape index (κ2) is 8.67. The lowest BCUT2D eigenvalue weighted by Crippen LogP contribution is -2.27. The summed E-state index contributed by atoms with van der Waals surface area (Å²) in [6.07, 6.45) is 1.06. The number of carbonyl (C=O) groups is 1. The maximum Gasteiger partial charge on any atom is 0.233 e. The number of fused-ring (bicyclic) bond motifs is 1. The van der Waals surface area contributed by atoms with Crippen molar-refractivity contribution in [2.45, 2.75) is 26.7 Å². The number of para-hydroxylation sites is 2. The van der Waals surface area contributed by atoms with E-state index in [1.54, 1.807) is 23.3 Å². The van der Waals surface area contributed by atoms with Gasteiger partial charge in [-0.2, -0.15) is 0 Å². The van der Waals surface area contributed by atoms with Crippen molar-refractivity contribution in [3.63, 3.8) is 0 Å². The number of hydrogen-bond acceptors (Lipinski definition) is 4. The first kappa shape index (κ1) is 20.1. The van der Waals surface area contributed by atoms with Crippen LogP contribution in [-0.4, -0.2) is 18.0 Å². The van der Waals surface area contributed by atoms with Gasteiger partial charge in [-0.3, -0.25) is 9.69 Å². The minimum atomic E-state index is 0.0438. The van der Waals surface area contributed by atoms with E-state index >= 15 is 0 Å². The van der Waals surface area contributed by atoms with Crippen LogP contribution in [0.1, 0.15) is 23.1 Å². The van der Waals surface area contributed by atoms with Crippen molar-refractivity contribution in [1.29, 1.82) is 0 Å². The van der Waals surface area contributed by atoms with E-state index in [1.165, 1.54) is 0 Å². The molecule has 0 saturated heterocycles. The van der Waals surface area contributed by atoms with Gasteiger partial charge in [-0.15, -0.1) is 0 Å². The van der Waals surface area contributed by atoms with Crippen molar-refractivity contribution in [1.82, 2.24) is 4.98 Å². The number of nitrogens with zero attached hydrogens (tertiary/aromatic N) is 2. The number of hydrogen-bond donors (Lipinski definition) is 0. The third-order valence-electron chi connectivity index (χ3n) is 5.17. The molecule has 0 unspecified atom stereocenters. The van der Waals surface area contributed by atoms with Crippen molar-refractivity contribution < 1.29 is 9.53 Å². The van der Waals surface area contributed by atoms with Gasteiger partial charge in [0.25, 0.3) is 0 Å². The molecule has 0 N–H and O–H groups in total. The highest BCUT2D eigenvalue weighted by Crippen LogP contribution is 2.37. The first-order valence-electron chi connectivity index (χ1n) is 9.94. The maximum atomic E-state index is 13.5. The third-order valence-corrected chi connectivity index (χ3v) is 6.19. The van der Waals surface area contributed by atoms with Gasteiger partial charge in [0.05, 0.1) is 23.0 Å². The van der Waals surface area contributed by atoms with Gasteiger partial charge in [-0.05, 0) is 61.2 Å². The van der Waals surface area contributed by atoms with E-state index in [9.17, 15) is 4.79 Å². The quantitative estimate of drug-likeness (QED) is 0.375. The Hall–Kier alpha value is -3.18. The summed E-state index contributed by atoms with van der Waals surface area (Å²) in [6.45, 7) is 4.08. The van der Waals surface area contributed by atoms with Crippen LogP contribution < -0.4 is 9.64 Å². The highest BCUT2D eigenvalue weighted by atomic mass is 32.1. The molecule has 1 amide bonds. The van der Waals surface area contributed by atoms with Crippen molar-refractivity contribution in [3.8, 4) is 5.75 Å². The van der Waals surface area contributed by atoms with Crippen molar-refractivity contribution >= 4 is 38.3 Å². The predicted octanol–water partition coefficient (Wildman–Crippen LogP) is 6.22. The number of amides is 1. The van der Waals surface area contributed by atoms with Crippen LogP contribution in [0.25, 0.3) is 10.2 Å². The summed E-state index contributed by atoms with van der Waals surface area (Å²) in [7, 11) is 1.65. The highest BCUT2D eigenvalue weighted by molar-refractivity contribution is 7.22. The van der Waals surface area contributed by atoms with Gasteiger partial charge in [-0.1, -0.05) is 53.8 Å². The molecular weight excluding hydrogens is 392 g/mol. The average Bonchev–Trinajstić information content (AvgIpc) is 3.18. The Balaban J connectivity index is 1.68. The minimum Gasteiger partial charge on any atom is -0.497 e. The van der Waals surface area contributed by atoms with Gasteiger partial charge in [0.1, 0.15) is 5.75 Å². The molecule has 152 valence electrons. The molecule has 4 aromatic rings. The molecular formula is C25H24N2O2S. The lowest BCUT2D eigenvalue weighted by molar-refractivity contribution is -0.117. The van der Waals surface area contributed by atoms with Crippen molar-refractivity contribution in [2.75, 3.05) is 12.0 Å². The van der Waals surface area contributed by atoms with Gasteiger partial charge in [-0.25, -0.2) is 4.98 Å². The van der Waals surface area contributed by atoms with E-state index in [-0.39, 0.29) is 5.91 Å². The number of thiazole rings is 1. The van der Waals surface area contributed by atoms with Gasteiger partial charge >= 0.3 is 0 Å². The Bertz CT molecular complexity index is 1130. The van der Waals surface area contributed by atoms with E-state index in [2.05, 4.69) is 0 Å². The second-order valence-electron chi connectivity index (χ2n) is 7.28. The van der Waals surface area contributed by atoms with E-state index in [0.29, 0.717) is 18.0 Å². The number of aromatic nitrogens is 1. The van der Waals surface area contributed by atoms with Gasteiger partial charge in [0, 0.05) is 6.42 Å². The normalized spacial score (nSPS) is 10.9. The smallest absolute Gasteiger partial charge is 0.233 e. The molecule has 0 aliphatic heterocycles. The number of carbonyl (C=O) groups excluding carboxylic acids is 1. The maximum absolute atomic E-state index is 13.5. The average molecular weight is 417 g/mol. The van der Waals surface area contributed by atoms with Crippen LogP contribution in [0.5, 0.6) is 5.75 Å². The minimum absolute atomic E-state index is 0.0438. The Morgan fingerprint density at radius 1 is 0.967 bits per heavy atom. The van der Waals surface area contributed by atoms with Crippen molar-refractivity contribution in [2.24, 2.45) is 0 Å². The van der Waals surface area contributed by atoms with E-state index < -0.39 is 0 Å². The summed E-state index contributed by atoms with van der Waals surface area (Å²) in [5, 5.41) is 0.716. The summed E-state index contributed by atoms with van der Waals surface area (Å²) >= 11 is 1.55. The van der Waals surface area contributed by atoms with E-state index in [1.807, 2.05) is 80.6 Å². The van der Waals surface area contributed by atoms with Crippen LogP contribution in [0.15, 0.2) is 66.7 Å². The molecule has 0 atom stereocenters. The van der Waals surface area contributed by atoms with Crippen LogP contribution in [0.3, 0.4) is 0 Å². The summed E-state index contributed by atoms with van der Waals surface area (Å²) in [4.78, 5) is 20.1. The van der Waals surface area contributed by atoms with E-state index in [4.69, 9.17) is 9.72 Å². The standard InChI is InChI=1S/C25H24N2O2S/c1-17-7-6-8-18(2)24(17)27(25-26-21-9-4-5-10-22(21)30-25)23(28)16-13-19-11-14-20(29-3)15-12-19/h4-12,14-15H,13,16H2,1-3H3. The summed E-state index contributed by atoms with van der Waals surface area (Å²) in [6, 6.07) is 22.0. The molecule has 4 rings (SSSR count). The molecule has 3 aromatic carbocycles. The zero-order valence-electron chi connectivity index (χ0n) is 17.4. The fraction of sp³-hybridized carbons (Fsp3) is 0.200. The number of ether oxygens (including phenoxy) is 1. The van der Waals surface area contributed by atoms with Crippen LogP contribution in [-0.2, 0) is 11.2 Å². The van der Waals surface area contributed by atoms with Crippen LogP contribution in [0.2, 0.25) is 0 Å². The topological polar surface area (TPSA) is 42.4 Å². The molecule has 5 heteroatoms. The van der Waals surface area contributed by atoms with Crippen molar-refractivity contribution in [3.05, 3.63) is 83.4 Å². The SMILES string of the molecule is COc1ccc(CCC(=O)N(c2nc3ccccc3s2)c2c(C)cccc2C)cc1. The molecule has 1 heterocycles. The summed E-state index contributed by atoms with van der Waals surface area (Å²) in [5.41, 5.74) is 5.07. The van der Waals surface area contributed by atoms with Gasteiger partial charge in [0.2, 0.25) is 5.91 Å². The molecule has 0 spiro atoms. The Labute approximate surface area is 180 Å². The molecule has 0 aliphatic rings. The lowest BCUT2D eigenvalue weighted by atomic mass is 10.1. The molecule has 0 radical (unpaired) electrons. The lowest BCUT2D eigenvalue weighted by Gasteiger charge is -2.24. The Morgan fingerprint density at radius 2 is 1.67 bits per heavy atom. The zero-order chi connectivity index (χ0) is 21.1. The first-order chi connectivity index (χ1) is 14.6. The molecule has 1 aromatic heterocycles. The largest absolute Gasteiger partial charge is 0.497 e. The zero-order valence-corrected chi connectivity index (χ0v) is 18.2. The summed E-state index contributed by atoms with van der Waals surface area (Å²) < 4.78 is 6.30. The van der Waals surface area contributed by atoms with Crippen LogP contribution in [0, 0.1) is 13.8 Å². The Morgan fingerprint density at radius 3 is 2.33 bits per heavy atom. The summed E-state index contributed by atoms with van der Waals surface area (Å²) in [5.74, 6) is 0.860. The Kier molecular flexibility index (Phi) is 5.81. The van der Waals surface area contributed by atoms with Crippen LogP contribution in [0.4, 0.5) is 10.8 Å². The number of anilines is 2. The number of benzene rings is 3. The molecule has 0 fully saturated rings. The fourth-order valence-electron chi connectivity index (χ4n) is 3.60. The first-order valence-corrected chi connectivity index (χ1v) is 10.8. The second-order valence-corrected chi connectivity index (χ2v) is 8.29. The molecule has 30 heavy (non-hydrogen) atoms. The fourth-order valence-corrected chi connectivity index (χ4v) is 4.59. The van der Waals surface area contributed by atoms with Gasteiger partial charge < -0.3 is 4.74 Å². The third kappa shape index (κ3) is 4.07. The van der Waals surface area contributed by atoms with E-state index in [0.717, 1.165) is 38.3 Å². The molecule has 4 nitrogen and oxygen atoms in total. The molecule has 0 aliphatic carbocycles. The number of methoxy groups -OCH3 is 1. The monoisotopic (exact) mass is 416 g/mol. The number of aryl methyl sites for hydroxylation is 3. The van der Waals surface area contributed by atoms with Crippen LogP contribution >= 0.6 is 11.3 Å². The molecule has 0 saturated carbocycles. The highest BCUT2D eigenvalue weighted by Gasteiger charge is 2.24. The van der Waals surface area contributed by atoms with Gasteiger partial charge in [0.15, 0.2) is 5.13 Å². The predicted molar refractivity (Wildman–Crippen MR) is 124 cm³/mol.